The third-order valence-electron chi connectivity index (χ3n) is 4.46. The van der Waals surface area contributed by atoms with Crippen LogP contribution in [0.1, 0.15) is 29.5 Å². The van der Waals surface area contributed by atoms with Gasteiger partial charge in [-0.2, -0.15) is 0 Å². The van der Waals surface area contributed by atoms with Crippen molar-refractivity contribution >= 4 is 15.9 Å². The van der Waals surface area contributed by atoms with Crippen LogP contribution in [-0.4, -0.2) is 25.8 Å². The molecule has 1 aliphatic rings. The van der Waals surface area contributed by atoms with Crippen molar-refractivity contribution in [2.75, 3.05) is 6.54 Å². The molecule has 1 aliphatic heterocycles. The molecule has 0 atom stereocenters. The molecule has 138 valence electrons. The average Bonchev–Trinajstić information content (AvgIpc) is 2.99. The van der Waals surface area contributed by atoms with Gasteiger partial charge in [-0.25, -0.2) is 17.5 Å². The lowest BCUT2D eigenvalue weighted by Crippen LogP contribution is -2.24. The van der Waals surface area contributed by atoms with E-state index in [1.165, 1.54) is 12.1 Å². The van der Waals surface area contributed by atoms with Gasteiger partial charge in [0.1, 0.15) is 5.82 Å². The molecule has 1 heterocycles. The molecule has 0 saturated carbocycles. The van der Waals surface area contributed by atoms with E-state index in [1.807, 2.05) is 29.2 Å². The molecule has 0 aromatic heterocycles. The number of likely N-dealkylation sites (tertiary alicyclic amines) is 1. The van der Waals surface area contributed by atoms with Crippen molar-refractivity contribution in [3.05, 3.63) is 65.0 Å². The highest BCUT2D eigenvalue weighted by atomic mass is 32.2. The number of hydrogen-bond acceptors (Lipinski definition) is 3. The second kappa shape index (κ2) is 7.55. The largest absolute Gasteiger partial charge is 0.338 e. The average molecular weight is 376 g/mol. The summed E-state index contributed by atoms with van der Waals surface area (Å²) < 4.78 is 40.5. The molecule has 1 N–H and O–H groups in total. The van der Waals surface area contributed by atoms with Crippen molar-refractivity contribution in [1.82, 2.24) is 9.62 Å². The zero-order valence-electron chi connectivity index (χ0n) is 14.5. The highest BCUT2D eigenvalue weighted by Crippen LogP contribution is 2.17. The number of hydrogen-bond donors (Lipinski definition) is 1. The Bertz CT molecular complexity index is 911. The lowest BCUT2D eigenvalue weighted by atomic mass is 10.1. The number of carbonyl (C=O) groups is 1. The second-order valence-corrected chi connectivity index (χ2v) is 8.21. The Balaban J connectivity index is 1.63. The normalized spacial score (nSPS) is 14.8. The van der Waals surface area contributed by atoms with Crippen LogP contribution >= 0.6 is 0 Å². The lowest BCUT2D eigenvalue weighted by molar-refractivity contribution is -0.128. The summed E-state index contributed by atoms with van der Waals surface area (Å²) in [5.74, 6) is -0.287. The van der Waals surface area contributed by atoms with Crippen LogP contribution in [0.4, 0.5) is 4.39 Å². The first-order chi connectivity index (χ1) is 12.3. The number of nitrogens with one attached hydrogen (secondary N) is 1. The van der Waals surface area contributed by atoms with Gasteiger partial charge in [0, 0.05) is 26.1 Å². The van der Waals surface area contributed by atoms with Crippen molar-refractivity contribution < 1.29 is 17.6 Å². The summed E-state index contributed by atoms with van der Waals surface area (Å²) in [6.07, 6.45) is 1.52. The second-order valence-electron chi connectivity index (χ2n) is 6.47. The zero-order valence-corrected chi connectivity index (χ0v) is 15.4. The Morgan fingerprint density at radius 2 is 1.81 bits per heavy atom. The van der Waals surface area contributed by atoms with E-state index in [0.717, 1.165) is 30.2 Å². The van der Waals surface area contributed by atoms with Crippen LogP contribution in [0.2, 0.25) is 0 Å². The summed E-state index contributed by atoms with van der Waals surface area (Å²) in [5.41, 5.74) is 2.19. The number of rotatable bonds is 6. The van der Waals surface area contributed by atoms with Crippen LogP contribution in [0, 0.1) is 12.7 Å². The number of carbonyl (C=O) groups excluding carboxylic acids is 1. The number of halogens is 1. The number of amides is 1. The molecule has 0 radical (unpaired) electrons. The van der Waals surface area contributed by atoms with E-state index >= 15 is 0 Å². The molecule has 0 spiro atoms. The molecule has 1 amide bonds. The van der Waals surface area contributed by atoms with Gasteiger partial charge in [0.25, 0.3) is 0 Å². The third-order valence-corrected chi connectivity index (χ3v) is 6.02. The van der Waals surface area contributed by atoms with E-state index in [2.05, 4.69) is 4.72 Å². The maximum Gasteiger partial charge on any atom is 0.241 e. The van der Waals surface area contributed by atoms with Crippen molar-refractivity contribution in [3.8, 4) is 0 Å². The lowest BCUT2D eigenvalue weighted by Gasteiger charge is -2.15. The number of sulfonamides is 1. The van der Waals surface area contributed by atoms with Crippen LogP contribution in [-0.2, 0) is 27.9 Å². The summed E-state index contributed by atoms with van der Waals surface area (Å²) in [6, 6.07) is 11.1. The third kappa shape index (κ3) is 4.28. The summed E-state index contributed by atoms with van der Waals surface area (Å²) >= 11 is 0. The highest BCUT2D eigenvalue weighted by Gasteiger charge is 2.20. The fourth-order valence-electron chi connectivity index (χ4n) is 3.02. The van der Waals surface area contributed by atoms with Gasteiger partial charge < -0.3 is 4.90 Å². The Kier molecular flexibility index (Phi) is 5.38. The molecule has 0 unspecified atom stereocenters. The van der Waals surface area contributed by atoms with Gasteiger partial charge in [0.05, 0.1) is 4.90 Å². The van der Waals surface area contributed by atoms with Gasteiger partial charge in [-0.05, 0) is 48.2 Å². The Morgan fingerprint density at radius 3 is 2.42 bits per heavy atom. The zero-order chi connectivity index (χ0) is 18.7. The SMILES string of the molecule is Cc1cc(F)ccc1S(=O)(=O)NCc1ccc(CN2CCCC2=O)cc1. The topological polar surface area (TPSA) is 66.5 Å². The summed E-state index contributed by atoms with van der Waals surface area (Å²) in [5, 5.41) is 0. The number of nitrogens with zero attached hydrogens (tertiary/aromatic N) is 1. The van der Waals surface area contributed by atoms with Gasteiger partial charge in [-0.3, -0.25) is 4.79 Å². The summed E-state index contributed by atoms with van der Waals surface area (Å²) in [6.45, 7) is 3.07. The van der Waals surface area contributed by atoms with Gasteiger partial charge in [-0.15, -0.1) is 0 Å². The molecule has 0 bridgehead atoms. The van der Waals surface area contributed by atoms with E-state index in [1.54, 1.807) is 6.92 Å². The maximum atomic E-state index is 13.2. The van der Waals surface area contributed by atoms with Gasteiger partial charge >= 0.3 is 0 Å². The fraction of sp³-hybridized carbons (Fsp3) is 0.316. The number of aryl methyl sites for hydroxylation is 1. The summed E-state index contributed by atoms with van der Waals surface area (Å²) in [7, 11) is -3.71. The molecular formula is C19H21FN2O3S. The molecule has 5 nitrogen and oxygen atoms in total. The first kappa shape index (κ1) is 18.5. The predicted molar refractivity (Wildman–Crippen MR) is 96.3 cm³/mol. The first-order valence-electron chi connectivity index (χ1n) is 8.46. The molecule has 1 saturated heterocycles. The molecule has 2 aromatic carbocycles. The highest BCUT2D eigenvalue weighted by molar-refractivity contribution is 7.89. The van der Waals surface area contributed by atoms with Crippen LogP contribution in [0.15, 0.2) is 47.4 Å². The molecule has 3 rings (SSSR count). The molecular weight excluding hydrogens is 355 g/mol. The van der Waals surface area contributed by atoms with E-state index < -0.39 is 15.8 Å². The number of benzene rings is 2. The minimum Gasteiger partial charge on any atom is -0.338 e. The Labute approximate surface area is 152 Å². The summed E-state index contributed by atoms with van der Waals surface area (Å²) in [4.78, 5) is 13.6. The van der Waals surface area contributed by atoms with Crippen molar-refractivity contribution in [3.63, 3.8) is 0 Å². The van der Waals surface area contributed by atoms with Gasteiger partial charge in [0.2, 0.25) is 15.9 Å². The Hall–Kier alpha value is -2.25. The predicted octanol–water partition coefficient (Wildman–Crippen LogP) is 2.74. The quantitative estimate of drug-likeness (QED) is 0.843. The van der Waals surface area contributed by atoms with Crippen LogP contribution < -0.4 is 4.72 Å². The molecule has 7 heteroatoms. The fourth-order valence-corrected chi connectivity index (χ4v) is 4.27. The molecule has 1 fully saturated rings. The molecule has 26 heavy (non-hydrogen) atoms. The minimum absolute atomic E-state index is 0.0723. The van der Waals surface area contributed by atoms with E-state index in [-0.39, 0.29) is 17.3 Å². The molecule has 0 aliphatic carbocycles. The van der Waals surface area contributed by atoms with Crippen LogP contribution in [0.3, 0.4) is 0 Å². The van der Waals surface area contributed by atoms with Crippen LogP contribution in [0.5, 0.6) is 0 Å². The molecule has 2 aromatic rings. The maximum absolute atomic E-state index is 13.2. The van der Waals surface area contributed by atoms with Gasteiger partial charge in [0.15, 0.2) is 0 Å². The monoisotopic (exact) mass is 376 g/mol. The smallest absolute Gasteiger partial charge is 0.241 e. The van der Waals surface area contributed by atoms with E-state index in [0.29, 0.717) is 18.5 Å². The van der Waals surface area contributed by atoms with Crippen molar-refractivity contribution in [2.45, 2.75) is 37.8 Å². The van der Waals surface area contributed by atoms with Crippen LogP contribution in [0.25, 0.3) is 0 Å². The Morgan fingerprint density at radius 1 is 1.12 bits per heavy atom. The van der Waals surface area contributed by atoms with E-state index in [4.69, 9.17) is 0 Å². The van der Waals surface area contributed by atoms with E-state index in [9.17, 15) is 17.6 Å². The standard InChI is InChI=1S/C19H21FN2O3S/c1-14-11-17(20)8-9-18(14)26(24,25)21-12-15-4-6-16(7-5-15)13-22-10-2-3-19(22)23/h4-9,11,21H,2-3,10,12-13H2,1H3. The van der Waals surface area contributed by atoms with Gasteiger partial charge in [-0.1, -0.05) is 24.3 Å². The van der Waals surface area contributed by atoms with Crippen molar-refractivity contribution in [2.24, 2.45) is 0 Å². The van der Waals surface area contributed by atoms with Crippen molar-refractivity contribution in [1.29, 1.82) is 0 Å². The minimum atomic E-state index is -3.71. The first-order valence-corrected chi connectivity index (χ1v) is 9.95.